The molecule has 0 amide bonds. The predicted octanol–water partition coefficient (Wildman–Crippen LogP) is 14.4. The molecule has 0 saturated heterocycles. The molecule has 262 valence electrons. The number of benzene rings is 8. The van der Waals surface area contributed by atoms with Crippen LogP contribution in [-0.2, 0) is 10.8 Å². The highest BCUT2D eigenvalue weighted by Gasteiger charge is 2.42. The second-order valence-electron chi connectivity index (χ2n) is 15.8. The van der Waals surface area contributed by atoms with E-state index in [2.05, 4.69) is 208 Å². The third kappa shape index (κ3) is 4.49. The van der Waals surface area contributed by atoms with E-state index in [1.165, 1.54) is 61.2 Å². The van der Waals surface area contributed by atoms with Gasteiger partial charge in [-0.2, -0.15) is 0 Å². The smallest absolute Gasteiger partial charge is 0.159 e. The van der Waals surface area contributed by atoms with Crippen molar-refractivity contribution in [3.05, 3.63) is 210 Å². The van der Waals surface area contributed by atoms with Crippen LogP contribution in [-0.4, -0.2) is 0 Å². The molecule has 55 heavy (non-hydrogen) atoms. The monoisotopic (exact) mass is 705 g/mol. The molecule has 0 aliphatic heterocycles. The Labute approximate surface area is 322 Å². The van der Waals surface area contributed by atoms with Crippen LogP contribution in [0.15, 0.2) is 186 Å². The second-order valence-corrected chi connectivity index (χ2v) is 15.8. The Morgan fingerprint density at radius 2 is 0.891 bits per heavy atom. The van der Waals surface area contributed by atoms with E-state index in [0.29, 0.717) is 0 Å². The van der Waals surface area contributed by atoms with Gasteiger partial charge < -0.3 is 9.32 Å². The SMILES string of the molecule is CC1(C)c2ccccc2-c2ccc(-c3ccc(N(c4ccccc4)c4cccc5c4oc4c(C6(C)c7ccccc7-c7ccccc76)cccc45)cc3)cc21. The van der Waals surface area contributed by atoms with Gasteiger partial charge in [-0.15, -0.1) is 0 Å². The molecule has 0 spiro atoms. The zero-order valence-electron chi connectivity index (χ0n) is 31.2. The molecule has 2 aliphatic rings. The molecule has 8 aromatic carbocycles. The van der Waals surface area contributed by atoms with Crippen LogP contribution in [0, 0.1) is 0 Å². The summed E-state index contributed by atoms with van der Waals surface area (Å²) in [4.78, 5) is 2.33. The predicted molar refractivity (Wildman–Crippen MR) is 229 cm³/mol. The average Bonchev–Trinajstić information content (AvgIpc) is 3.83. The molecule has 11 rings (SSSR count). The molecule has 1 heterocycles. The second kappa shape index (κ2) is 11.7. The van der Waals surface area contributed by atoms with Crippen LogP contribution in [0.5, 0.6) is 0 Å². The molecule has 2 aliphatic carbocycles. The standard InChI is InChI=1S/C53H39NO/c1-52(2)44-22-10-7-17-38(44)41-32-29-35(33-48(41)52)34-27-30-37(31-28-34)54(36-15-5-4-6-16-36)49-26-14-21-43-42-20-13-25-47(50(42)55-51(43)49)53(3)45-23-11-8-18-39(45)40-19-9-12-24-46(40)53/h4-33H,1-3H3. The summed E-state index contributed by atoms with van der Waals surface area (Å²) >= 11 is 0. The quantitative estimate of drug-likeness (QED) is 0.177. The number of rotatable bonds is 5. The minimum absolute atomic E-state index is 0.0426. The molecule has 0 N–H and O–H groups in total. The fourth-order valence-corrected chi connectivity index (χ4v) is 9.81. The fraction of sp³-hybridized carbons (Fsp3) is 0.0943. The maximum atomic E-state index is 7.19. The van der Waals surface area contributed by atoms with Crippen molar-refractivity contribution in [1.29, 1.82) is 0 Å². The van der Waals surface area contributed by atoms with Crippen molar-refractivity contribution in [1.82, 2.24) is 0 Å². The summed E-state index contributed by atoms with van der Waals surface area (Å²) in [5.74, 6) is 0. The molecule has 0 bridgehead atoms. The van der Waals surface area contributed by atoms with Gasteiger partial charge in [-0.3, -0.25) is 0 Å². The number of hydrogen-bond donors (Lipinski definition) is 0. The fourth-order valence-electron chi connectivity index (χ4n) is 9.81. The highest BCUT2D eigenvalue weighted by atomic mass is 16.3. The van der Waals surface area contributed by atoms with Crippen molar-refractivity contribution in [2.75, 3.05) is 4.90 Å². The summed E-state index contributed by atoms with van der Waals surface area (Å²) in [7, 11) is 0. The van der Waals surface area contributed by atoms with Crippen molar-refractivity contribution in [2.45, 2.75) is 31.6 Å². The zero-order chi connectivity index (χ0) is 36.9. The Kier molecular flexibility index (Phi) is 6.76. The minimum atomic E-state index is -0.370. The van der Waals surface area contributed by atoms with Gasteiger partial charge in [0.15, 0.2) is 5.58 Å². The van der Waals surface area contributed by atoms with E-state index in [0.717, 1.165) is 39.0 Å². The summed E-state index contributed by atoms with van der Waals surface area (Å²) in [5.41, 5.74) is 18.8. The largest absolute Gasteiger partial charge is 0.454 e. The molecule has 1 aromatic heterocycles. The van der Waals surface area contributed by atoms with E-state index in [1.54, 1.807) is 0 Å². The van der Waals surface area contributed by atoms with Crippen molar-refractivity contribution in [2.24, 2.45) is 0 Å². The first-order chi connectivity index (χ1) is 26.9. The van der Waals surface area contributed by atoms with E-state index in [9.17, 15) is 0 Å². The highest BCUT2D eigenvalue weighted by Crippen LogP contribution is 2.55. The van der Waals surface area contributed by atoms with Crippen LogP contribution in [0.3, 0.4) is 0 Å². The third-order valence-electron chi connectivity index (χ3n) is 12.6. The highest BCUT2D eigenvalue weighted by molar-refractivity contribution is 6.11. The Morgan fingerprint density at radius 3 is 1.58 bits per heavy atom. The van der Waals surface area contributed by atoms with Gasteiger partial charge in [0.1, 0.15) is 5.58 Å². The number of para-hydroxylation sites is 3. The number of furan rings is 1. The van der Waals surface area contributed by atoms with Gasteiger partial charge in [-0.1, -0.05) is 159 Å². The molecular formula is C53H39NO. The Bertz CT molecular complexity index is 2920. The normalized spacial score (nSPS) is 14.4. The first-order valence-corrected chi connectivity index (χ1v) is 19.3. The molecule has 0 unspecified atom stereocenters. The Hall–Kier alpha value is -6.64. The Morgan fingerprint density at radius 1 is 0.382 bits per heavy atom. The van der Waals surface area contributed by atoms with Gasteiger partial charge in [-0.05, 0) is 99.0 Å². The molecule has 0 atom stereocenters. The van der Waals surface area contributed by atoms with Crippen LogP contribution < -0.4 is 4.90 Å². The van der Waals surface area contributed by atoms with Crippen molar-refractivity contribution < 1.29 is 4.42 Å². The molecular weight excluding hydrogens is 667 g/mol. The first-order valence-electron chi connectivity index (χ1n) is 19.3. The molecule has 9 aromatic rings. The lowest BCUT2D eigenvalue weighted by atomic mass is 9.74. The molecule has 2 nitrogen and oxygen atoms in total. The molecule has 2 heteroatoms. The summed E-state index contributed by atoms with van der Waals surface area (Å²) in [6.07, 6.45) is 0. The van der Waals surface area contributed by atoms with Crippen molar-refractivity contribution in [3.8, 4) is 33.4 Å². The molecule has 0 radical (unpaired) electrons. The van der Waals surface area contributed by atoms with E-state index in [1.807, 2.05) is 0 Å². The number of hydrogen-bond acceptors (Lipinski definition) is 2. The molecule has 0 saturated carbocycles. The van der Waals surface area contributed by atoms with Crippen LogP contribution in [0.4, 0.5) is 17.1 Å². The maximum Gasteiger partial charge on any atom is 0.159 e. The first kappa shape index (κ1) is 31.8. The lowest BCUT2D eigenvalue weighted by Gasteiger charge is -2.28. The van der Waals surface area contributed by atoms with Crippen LogP contribution in [0.1, 0.15) is 48.6 Å². The van der Waals surface area contributed by atoms with Gasteiger partial charge in [0.25, 0.3) is 0 Å². The third-order valence-corrected chi connectivity index (χ3v) is 12.6. The Balaban J connectivity index is 1.05. The van der Waals surface area contributed by atoms with Gasteiger partial charge >= 0.3 is 0 Å². The molecule has 0 fully saturated rings. The lowest BCUT2D eigenvalue weighted by Crippen LogP contribution is -2.22. The van der Waals surface area contributed by atoms with Gasteiger partial charge in [-0.25, -0.2) is 0 Å². The topological polar surface area (TPSA) is 16.4 Å². The van der Waals surface area contributed by atoms with E-state index in [-0.39, 0.29) is 10.8 Å². The van der Waals surface area contributed by atoms with Crippen LogP contribution in [0.25, 0.3) is 55.3 Å². The minimum Gasteiger partial charge on any atom is -0.454 e. The van der Waals surface area contributed by atoms with Crippen molar-refractivity contribution >= 4 is 39.0 Å². The number of nitrogens with zero attached hydrogens (tertiary/aromatic N) is 1. The van der Waals surface area contributed by atoms with E-state index < -0.39 is 0 Å². The summed E-state index contributed by atoms with van der Waals surface area (Å²) < 4.78 is 7.19. The van der Waals surface area contributed by atoms with Crippen molar-refractivity contribution in [3.63, 3.8) is 0 Å². The summed E-state index contributed by atoms with van der Waals surface area (Å²) in [6.45, 7) is 7.05. The number of anilines is 3. The van der Waals surface area contributed by atoms with E-state index in [4.69, 9.17) is 4.42 Å². The average molecular weight is 706 g/mol. The van der Waals surface area contributed by atoms with Gasteiger partial charge in [0.2, 0.25) is 0 Å². The lowest BCUT2D eigenvalue weighted by molar-refractivity contribution is 0.638. The number of fused-ring (bicyclic) bond motifs is 9. The summed E-state index contributed by atoms with van der Waals surface area (Å²) in [6, 6.07) is 66.4. The van der Waals surface area contributed by atoms with Crippen LogP contribution in [0.2, 0.25) is 0 Å². The van der Waals surface area contributed by atoms with Gasteiger partial charge in [0.05, 0.1) is 5.69 Å². The maximum absolute atomic E-state index is 7.19. The van der Waals surface area contributed by atoms with Crippen LogP contribution >= 0.6 is 0 Å². The zero-order valence-corrected chi connectivity index (χ0v) is 31.2. The van der Waals surface area contributed by atoms with Gasteiger partial charge in [0, 0.05) is 38.5 Å². The summed E-state index contributed by atoms with van der Waals surface area (Å²) in [5, 5.41) is 2.24. The van der Waals surface area contributed by atoms with E-state index >= 15 is 0 Å².